The molecule has 1 aliphatic heterocycles. The number of piperidine rings is 1. The largest absolute Gasteiger partial charge is 0.490 e. The third kappa shape index (κ3) is 8.96. The Balaban J connectivity index is 1.23. The first kappa shape index (κ1) is 36.3. The summed E-state index contributed by atoms with van der Waals surface area (Å²) < 4.78 is 24.7. The number of nitrogens with zero attached hydrogens (tertiary/aromatic N) is 5. The fraction of sp³-hybridized carbons (Fsp3) is 0.528. The number of amidine groups is 1. The summed E-state index contributed by atoms with van der Waals surface area (Å²) in [6.45, 7) is 6.99. The van der Waals surface area contributed by atoms with Gasteiger partial charge in [0.25, 0.3) is 0 Å². The van der Waals surface area contributed by atoms with E-state index in [0.717, 1.165) is 18.4 Å². The summed E-state index contributed by atoms with van der Waals surface area (Å²) in [4.78, 5) is 44.7. The van der Waals surface area contributed by atoms with Crippen molar-refractivity contribution in [2.45, 2.75) is 90.2 Å². The minimum atomic E-state index is -0.560. The van der Waals surface area contributed by atoms with Crippen LogP contribution in [0.25, 0.3) is 11.0 Å². The number of nitrogens with two attached hydrogens (primary N) is 1. The lowest BCUT2D eigenvalue weighted by atomic mass is 9.85. The second kappa shape index (κ2) is 15.7. The van der Waals surface area contributed by atoms with Crippen LogP contribution in [0.5, 0.6) is 11.5 Å². The van der Waals surface area contributed by atoms with Crippen molar-refractivity contribution in [3.8, 4) is 11.5 Å². The number of oxime groups is 1. The summed E-state index contributed by atoms with van der Waals surface area (Å²) >= 11 is 0. The van der Waals surface area contributed by atoms with Crippen molar-refractivity contribution in [2.24, 2.45) is 16.8 Å². The zero-order valence-electron chi connectivity index (χ0n) is 29.5. The Morgan fingerprint density at radius 3 is 2.26 bits per heavy atom. The maximum Gasteiger partial charge on any atom is 0.410 e. The van der Waals surface area contributed by atoms with Crippen LogP contribution < -0.4 is 15.2 Å². The lowest BCUT2D eigenvalue weighted by Crippen LogP contribution is -2.44. The highest BCUT2D eigenvalue weighted by atomic mass is 16.6. The van der Waals surface area contributed by atoms with Crippen molar-refractivity contribution < 1.29 is 38.5 Å². The molecule has 2 fully saturated rings. The second-order valence-electron chi connectivity index (χ2n) is 13.9. The SMILES string of the molecule is COC(=O)[C@H]1CC[C@H](N(C)C(Cn2c(COc3ccc(OC4CCN(C(=O)OC(C)(C)C)CC4)cc3)nc3cc(C(N)=O)ccc32)=NO)CC1. The van der Waals surface area contributed by atoms with E-state index in [4.69, 9.17) is 29.7 Å². The van der Waals surface area contributed by atoms with E-state index in [1.54, 1.807) is 23.1 Å². The fourth-order valence-electron chi connectivity index (χ4n) is 6.49. The van der Waals surface area contributed by atoms with Gasteiger partial charge >= 0.3 is 12.1 Å². The van der Waals surface area contributed by atoms with Gasteiger partial charge in [0.05, 0.1) is 30.6 Å². The van der Waals surface area contributed by atoms with Crippen molar-refractivity contribution in [2.75, 3.05) is 27.2 Å². The first-order chi connectivity index (χ1) is 23.8. The van der Waals surface area contributed by atoms with Crippen LogP contribution in [0.4, 0.5) is 4.79 Å². The topological polar surface area (TPSA) is 171 Å². The molecule has 5 rings (SSSR count). The van der Waals surface area contributed by atoms with E-state index in [1.807, 2.05) is 61.6 Å². The third-order valence-corrected chi connectivity index (χ3v) is 9.30. The number of carbonyl (C=O) groups excluding carboxylic acids is 3. The molecule has 3 N–H and O–H groups in total. The molecule has 0 bridgehead atoms. The molecule has 2 aliphatic rings. The Morgan fingerprint density at radius 2 is 1.66 bits per heavy atom. The number of primary amides is 1. The summed E-state index contributed by atoms with van der Waals surface area (Å²) in [5, 5.41) is 13.8. The number of likely N-dealkylation sites (N-methyl/N-ethyl adjacent to an activating group) is 1. The average molecular weight is 693 g/mol. The molecule has 0 atom stereocenters. The van der Waals surface area contributed by atoms with E-state index in [0.29, 0.717) is 73.0 Å². The Morgan fingerprint density at radius 1 is 1.00 bits per heavy atom. The fourth-order valence-corrected chi connectivity index (χ4v) is 6.49. The molecule has 2 amide bonds. The van der Waals surface area contributed by atoms with Crippen LogP contribution in [0, 0.1) is 5.92 Å². The molecule has 2 aromatic carbocycles. The highest BCUT2D eigenvalue weighted by molar-refractivity contribution is 5.96. The molecular weight excluding hydrogens is 644 g/mol. The highest BCUT2D eigenvalue weighted by Gasteiger charge is 2.31. The van der Waals surface area contributed by atoms with Gasteiger partial charge in [0.2, 0.25) is 5.91 Å². The van der Waals surface area contributed by atoms with Gasteiger partial charge in [-0.25, -0.2) is 9.78 Å². The smallest absolute Gasteiger partial charge is 0.410 e. The Kier molecular flexibility index (Phi) is 11.4. The molecular formula is C36H48N6O8. The van der Waals surface area contributed by atoms with E-state index in [9.17, 15) is 19.6 Å². The van der Waals surface area contributed by atoms with Crippen LogP contribution in [0.15, 0.2) is 47.6 Å². The molecule has 1 aromatic heterocycles. The van der Waals surface area contributed by atoms with Crippen LogP contribution >= 0.6 is 0 Å². The van der Waals surface area contributed by atoms with E-state index in [-0.39, 0.29) is 43.3 Å². The van der Waals surface area contributed by atoms with Gasteiger partial charge in [0.1, 0.15) is 35.6 Å². The summed E-state index contributed by atoms with van der Waals surface area (Å²) in [6.07, 6.45) is 3.98. The molecule has 270 valence electrons. The van der Waals surface area contributed by atoms with Gasteiger partial charge in [-0.05, 0) is 88.9 Å². The summed E-state index contributed by atoms with van der Waals surface area (Å²) in [7, 11) is 3.29. The van der Waals surface area contributed by atoms with Crippen molar-refractivity contribution in [3.05, 3.63) is 53.9 Å². The number of hydrogen-bond donors (Lipinski definition) is 2. The predicted octanol–water partition coefficient (Wildman–Crippen LogP) is 4.94. The Bertz CT molecular complexity index is 1680. The molecule has 0 spiro atoms. The molecule has 3 aromatic rings. The lowest BCUT2D eigenvalue weighted by Gasteiger charge is -2.35. The number of methoxy groups -OCH3 is 1. The summed E-state index contributed by atoms with van der Waals surface area (Å²) in [5.74, 6) is 1.41. The Hall–Kier alpha value is -5.01. The Labute approximate surface area is 292 Å². The molecule has 0 radical (unpaired) electrons. The molecule has 1 saturated carbocycles. The van der Waals surface area contributed by atoms with Crippen LogP contribution in [-0.4, -0.2) is 93.4 Å². The number of ether oxygens (including phenoxy) is 4. The highest BCUT2D eigenvalue weighted by Crippen LogP contribution is 2.29. The van der Waals surface area contributed by atoms with Crippen molar-refractivity contribution >= 4 is 34.8 Å². The average Bonchev–Trinajstić information content (AvgIpc) is 3.45. The van der Waals surface area contributed by atoms with Crippen LogP contribution in [0.3, 0.4) is 0 Å². The maximum absolute atomic E-state index is 12.4. The van der Waals surface area contributed by atoms with Crippen LogP contribution in [-0.2, 0) is 27.4 Å². The monoisotopic (exact) mass is 692 g/mol. The molecule has 0 unspecified atom stereocenters. The van der Waals surface area contributed by atoms with Gasteiger partial charge in [0, 0.05) is 44.6 Å². The third-order valence-electron chi connectivity index (χ3n) is 9.30. The first-order valence-corrected chi connectivity index (χ1v) is 17.0. The zero-order chi connectivity index (χ0) is 36.0. The second-order valence-corrected chi connectivity index (χ2v) is 13.9. The van der Waals surface area contributed by atoms with Crippen molar-refractivity contribution in [1.29, 1.82) is 0 Å². The standard InChI is InChI=1S/C36H48N6O8/c1-36(2,3)50-35(45)41-18-16-28(17-19-41)49-27-13-11-26(12-14-27)48-22-32-38-29-20-24(33(37)43)8-15-30(29)42(32)21-31(39-46)40(4)25-9-6-23(7-10-25)34(44)47-5/h8,11-15,20,23,25,28,46H,6-7,9-10,16-19,21-22H2,1-5H3,(H2,37,43)/t23-,25-. The molecule has 1 aliphatic carbocycles. The molecule has 14 heteroatoms. The molecule has 14 nitrogen and oxygen atoms in total. The quantitative estimate of drug-likeness (QED) is 0.0975. The summed E-state index contributed by atoms with van der Waals surface area (Å²) in [6, 6.07) is 12.5. The van der Waals surface area contributed by atoms with Crippen LogP contribution in [0.2, 0.25) is 0 Å². The van der Waals surface area contributed by atoms with E-state index in [1.165, 1.54) is 7.11 Å². The number of carbonyl (C=O) groups is 3. The number of fused-ring (bicyclic) bond motifs is 1. The van der Waals surface area contributed by atoms with E-state index >= 15 is 0 Å². The van der Waals surface area contributed by atoms with Gasteiger partial charge in [-0.2, -0.15) is 0 Å². The number of esters is 1. The van der Waals surface area contributed by atoms with Crippen LogP contribution in [0.1, 0.15) is 75.5 Å². The number of hydrogen-bond acceptors (Lipinski definition) is 10. The molecule has 1 saturated heterocycles. The predicted molar refractivity (Wildman–Crippen MR) is 185 cm³/mol. The van der Waals surface area contributed by atoms with Gasteiger partial charge in [-0.3, -0.25) is 9.59 Å². The number of rotatable bonds is 10. The van der Waals surface area contributed by atoms with Crippen molar-refractivity contribution in [1.82, 2.24) is 19.4 Å². The van der Waals surface area contributed by atoms with Gasteiger partial charge in [0.15, 0.2) is 5.84 Å². The number of amides is 2. The zero-order valence-corrected chi connectivity index (χ0v) is 29.5. The molecule has 50 heavy (non-hydrogen) atoms. The van der Waals surface area contributed by atoms with Gasteiger partial charge in [-0.1, -0.05) is 5.16 Å². The molecule has 2 heterocycles. The van der Waals surface area contributed by atoms with Gasteiger partial charge in [-0.15, -0.1) is 0 Å². The van der Waals surface area contributed by atoms with Gasteiger partial charge < -0.3 is 44.3 Å². The van der Waals surface area contributed by atoms with E-state index in [2.05, 4.69) is 5.16 Å². The number of likely N-dealkylation sites (tertiary alicyclic amines) is 1. The number of imidazole rings is 1. The summed E-state index contributed by atoms with van der Waals surface area (Å²) in [5.41, 5.74) is 6.61. The number of benzene rings is 2. The minimum absolute atomic E-state index is 0.0194. The van der Waals surface area contributed by atoms with E-state index < -0.39 is 11.5 Å². The van der Waals surface area contributed by atoms with Crippen molar-refractivity contribution in [3.63, 3.8) is 0 Å². The number of aromatic nitrogens is 2. The lowest BCUT2D eigenvalue weighted by molar-refractivity contribution is -0.146. The minimum Gasteiger partial charge on any atom is -0.490 e. The first-order valence-electron chi connectivity index (χ1n) is 17.0. The maximum atomic E-state index is 12.4. The normalized spacial score (nSPS) is 18.8.